The van der Waals surface area contributed by atoms with Crippen molar-refractivity contribution in [3.8, 4) is 0 Å². The van der Waals surface area contributed by atoms with Crippen LogP contribution in [0.15, 0.2) is 35.5 Å². The summed E-state index contributed by atoms with van der Waals surface area (Å²) >= 11 is 11.6. The summed E-state index contributed by atoms with van der Waals surface area (Å²) in [6, 6.07) is 4.14. The molecule has 20 heavy (non-hydrogen) atoms. The van der Waals surface area contributed by atoms with E-state index in [2.05, 4.69) is 9.82 Å². The minimum absolute atomic E-state index is 0.0231. The third-order valence-electron chi connectivity index (χ3n) is 2.43. The number of hydrogen-bond acceptors (Lipinski definition) is 4. The van der Waals surface area contributed by atoms with Crippen LogP contribution in [0.25, 0.3) is 0 Å². The van der Waals surface area contributed by atoms with Crippen LogP contribution < -0.4 is 10.5 Å². The zero-order valence-corrected chi connectivity index (χ0v) is 12.6. The maximum Gasteiger partial charge on any atom is 0.240 e. The Balaban J connectivity index is 2.03. The van der Waals surface area contributed by atoms with Crippen LogP contribution in [0.3, 0.4) is 0 Å². The van der Waals surface area contributed by atoms with Crippen LogP contribution in [-0.4, -0.2) is 24.7 Å². The first-order valence-corrected chi connectivity index (χ1v) is 7.84. The molecular weight excluding hydrogens is 323 g/mol. The smallest absolute Gasteiger partial charge is 0.240 e. The highest BCUT2D eigenvalue weighted by Gasteiger charge is 2.15. The second-order valence-electron chi connectivity index (χ2n) is 4.04. The maximum absolute atomic E-state index is 12.0. The summed E-state index contributed by atoms with van der Waals surface area (Å²) in [6.07, 6.45) is 3.11. The van der Waals surface area contributed by atoms with Gasteiger partial charge in [0.1, 0.15) is 0 Å². The molecule has 0 unspecified atom stereocenters. The highest BCUT2D eigenvalue weighted by Crippen LogP contribution is 2.22. The van der Waals surface area contributed by atoms with Gasteiger partial charge in [-0.1, -0.05) is 23.2 Å². The lowest BCUT2D eigenvalue weighted by molar-refractivity contribution is 0.561. The first-order chi connectivity index (χ1) is 9.37. The van der Waals surface area contributed by atoms with Gasteiger partial charge in [-0.3, -0.25) is 4.68 Å². The van der Waals surface area contributed by atoms with Crippen LogP contribution in [0.4, 0.5) is 5.69 Å². The number of halogens is 2. The van der Waals surface area contributed by atoms with Gasteiger partial charge in [0.05, 0.1) is 23.3 Å². The Kier molecular flexibility index (Phi) is 4.54. The molecule has 0 atom stereocenters. The normalized spacial score (nSPS) is 11.7. The molecule has 0 spiro atoms. The van der Waals surface area contributed by atoms with Gasteiger partial charge in [-0.05, 0) is 18.2 Å². The molecule has 0 amide bonds. The standard InChI is InChI=1S/C11H12Cl2N4O2S/c12-8-3-9(13)5-11(4-8)20(18,19)16-1-2-17-7-10(14)6-15-17/h3-7,16H,1-2,14H2. The molecule has 0 aliphatic carbocycles. The van der Waals surface area contributed by atoms with Crippen molar-refractivity contribution in [3.63, 3.8) is 0 Å². The van der Waals surface area contributed by atoms with E-state index in [0.29, 0.717) is 12.2 Å². The fourth-order valence-corrected chi connectivity index (χ4v) is 3.31. The van der Waals surface area contributed by atoms with Crippen molar-refractivity contribution in [1.29, 1.82) is 0 Å². The van der Waals surface area contributed by atoms with Gasteiger partial charge in [0.15, 0.2) is 0 Å². The zero-order valence-electron chi connectivity index (χ0n) is 10.3. The Morgan fingerprint density at radius 3 is 2.45 bits per heavy atom. The van der Waals surface area contributed by atoms with E-state index in [1.807, 2.05) is 0 Å². The van der Waals surface area contributed by atoms with E-state index in [9.17, 15) is 8.42 Å². The summed E-state index contributed by atoms with van der Waals surface area (Å²) < 4.78 is 28.1. The first kappa shape index (κ1) is 15.1. The molecule has 6 nitrogen and oxygen atoms in total. The van der Waals surface area contributed by atoms with Crippen LogP contribution in [0.2, 0.25) is 10.0 Å². The van der Waals surface area contributed by atoms with Crippen LogP contribution >= 0.6 is 23.2 Å². The second kappa shape index (κ2) is 6.01. The van der Waals surface area contributed by atoms with Crippen molar-refractivity contribution in [1.82, 2.24) is 14.5 Å². The molecule has 0 fully saturated rings. The van der Waals surface area contributed by atoms with Crippen molar-refractivity contribution in [3.05, 3.63) is 40.6 Å². The van der Waals surface area contributed by atoms with Gasteiger partial charge in [-0.25, -0.2) is 13.1 Å². The van der Waals surface area contributed by atoms with E-state index < -0.39 is 10.0 Å². The second-order valence-corrected chi connectivity index (χ2v) is 6.68. The molecule has 0 saturated carbocycles. The minimum atomic E-state index is -3.66. The molecule has 2 aromatic rings. The van der Waals surface area contributed by atoms with Gasteiger partial charge < -0.3 is 5.73 Å². The molecule has 0 saturated heterocycles. The summed E-state index contributed by atoms with van der Waals surface area (Å²) in [4.78, 5) is 0.0231. The van der Waals surface area contributed by atoms with E-state index in [0.717, 1.165) is 0 Å². The molecule has 1 heterocycles. The Morgan fingerprint density at radius 1 is 1.25 bits per heavy atom. The lowest BCUT2D eigenvalue weighted by Gasteiger charge is -2.07. The Labute approximate surface area is 126 Å². The van der Waals surface area contributed by atoms with Crippen LogP contribution in [-0.2, 0) is 16.6 Å². The van der Waals surface area contributed by atoms with Crippen molar-refractivity contribution in [2.75, 3.05) is 12.3 Å². The molecule has 0 aliphatic heterocycles. The topological polar surface area (TPSA) is 90.0 Å². The molecule has 0 radical (unpaired) electrons. The number of anilines is 1. The van der Waals surface area contributed by atoms with Crippen molar-refractivity contribution >= 4 is 38.9 Å². The summed E-state index contributed by atoms with van der Waals surface area (Å²) in [5.41, 5.74) is 6.03. The van der Waals surface area contributed by atoms with Gasteiger partial charge >= 0.3 is 0 Å². The summed E-state index contributed by atoms with van der Waals surface area (Å²) in [5, 5.41) is 4.47. The monoisotopic (exact) mass is 334 g/mol. The van der Waals surface area contributed by atoms with Crippen LogP contribution in [0.5, 0.6) is 0 Å². The van der Waals surface area contributed by atoms with E-state index in [4.69, 9.17) is 28.9 Å². The average Bonchev–Trinajstić information content (AvgIpc) is 2.73. The Bertz CT molecular complexity index is 695. The maximum atomic E-state index is 12.0. The molecule has 2 rings (SSSR count). The molecule has 108 valence electrons. The number of hydrogen-bond donors (Lipinski definition) is 2. The van der Waals surface area contributed by atoms with E-state index in [-0.39, 0.29) is 21.5 Å². The first-order valence-electron chi connectivity index (χ1n) is 5.60. The largest absolute Gasteiger partial charge is 0.396 e. The number of sulfonamides is 1. The number of nitrogen functional groups attached to an aromatic ring is 1. The molecular formula is C11H12Cl2N4O2S. The van der Waals surface area contributed by atoms with Crippen molar-refractivity contribution in [2.24, 2.45) is 0 Å². The average molecular weight is 335 g/mol. The molecule has 1 aromatic heterocycles. The number of nitrogens with one attached hydrogen (secondary N) is 1. The van der Waals surface area contributed by atoms with E-state index in [1.165, 1.54) is 24.4 Å². The molecule has 0 bridgehead atoms. The quantitative estimate of drug-likeness (QED) is 0.871. The Hall–Kier alpha value is -1.28. The SMILES string of the molecule is Nc1cnn(CCNS(=O)(=O)c2cc(Cl)cc(Cl)c2)c1. The van der Waals surface area contributed by atoms with E-state index in [1.54, 1.807) is 10.9 Å². The fourth-order valence-electron chi connectivity index (χ4n) is 1.56. The van der Waals surface area contributed by atoms with Crippen LogP contribution in [0.1, 0.15) is 0 Å². The lowest BCUT2D eigenvalue weighted by atomic mass is 10.4. The van der Waals surface area contributed by atoms with Crippen molar-refractivity contribution in [2.45, 2.75) is 11.4 Å². The molecule has 0 aliphatic rings. The predicted molar refractivity (Wildman–Crippen MR) is 78.3 cm³/mol. The molecule has 9 heteroatoms. The lowest BCUT2D eigenvalue weighted by Crippen LogP contribution is -2.27. The summed E-state index contributed by atoms with van der Waals surface area (Å²) in [7, 11) is -3.66. The summed E-state index contributed by atoms with van der Waals surface area (Å²) in [5.74, 6) is 0. The number of nitrogens with zero attached hydrogens (tertiary/aromatic N) is 2. The number of rotatable bonds is 5. The number of benzene rings is 1. The van der Waals surface area contributed by atoms with Gasteiger partial charge in [0.25, 0.3) is 0 Å². The van der Waals surface area contributed by atoms with Gasteiger partial charge in [-0.15, -0.1) is 0 Å². The third kappa shape index (κ3) is 3.86. The zero-order chi connectivity index (χ0) is 14.8. The van der Waals surface area contributed by atoms with Gasteiger partial charge in [0, 0.05) is 22.8 Å². The summed E-state index contributed by atoms with van der Waals surface area (Å²) in [6.45, 7) is 0.540. The number of aromatic nitrogens is 2. The molecule has 1 aromatic carbocycles. The minimum Gasteiger partial charge on any atom is -0.396 e. The van der Waals surface area contributed by atoms with E-state index >= 15 is 0 Å². The number of nitrogens with two attached hydrogens (primary N) is 1. The fraction of sp³-hybridized carbons (Fsp3) is 0.182. The van der Waals surface area contributed by atoms with Gasteiger partial charge in [-0.2, -0.15) is 5.10 Å². The third-order valence-corrected chi connectivity index (χ3v) is 4.31. The predicted octanol–water partition coefficient (Wildman–Crippen LogP) is 1.75. The highest BCUT2D eigenvalue weighted by molar-refractivity contribution is 7.89. The van der Waals surface area contributed by atoms with Crippen LogP contribution in [0, 0.1) is 0 Å². The van der Waals surface area contributed by atoms with Crippen molar-refractivity contribution < 1.29 is 8.42 Å². The van der Waals surface area contributed by atoms with Gasteiger partial charge in [0.2, 0.25) is 10.0 Å². The molecule has 3 N–H and O–H groups in total. The Morgan fingerprint density at radius 2 is 1.90 bits per heavy atom. The highest BCUT2D eigenvalue weighted by atomic mass is 35.5.